The van der Waals surface area contributed by atoms with Gasteiger partial charge in [-0.2, -0.15) is 5.10 Å². The first-order valence-electron chi connectivity index (χ1n) is 4.56. The molecule has 0 aromatic carbocycles. The van der Waals surface area contributed by atoms with E-state index in [0.717, 1.165) is 24.5 Å². The number of furan rings is 1. The van der Waals surface area contributed by atoms with Crippen LogP contribution in [-0.4, -0.2) is 9.78 Å². The topological polar surface area (TPSA) is 43.0 Å². The van der Waals surface area contributed by atoms with Gasteiger partial charge in [-0.05, 0) is 18.2 Å². The van der Waals surface area contributed by atoms with Crippen LogP contribution in [0.4, 0.5) is 0 Å². The zero-order valence-corrected chi connectivity index (χ0v) is 8.10. The smallest absolute Gasteiger partial charge is 0.117 e. The second-order valence-corrected chi connectivity index (χ2v) is 3.13. The molecule has 0 aliphatic heterocycles. The minimum Gasteiger partial charge on any atom is -0.468 e. The lowest BCUT2D eigenvalue weighted by atomic mass is 10.4. The molecule has 2 rings (SSSR count). The molecule has 4 nitrogen and oxygen atoms in total. The SMILES string of the molecule is Cn1nccc1CNCc1ccco1. The maximum atomic E-state index is 5.20. The molecule has 2 aromatic rings. The van der Waals surface area contributed by atoms with Gasteiger partial charge in [0.05, 0.1) is 18.5 Å². The lowest BCUT2D eigenvalue weighted by Crippen LogP contribution is -2.14. The Kier molecular flexibility index (Phi) is 2.65. The van der Waals surface area contributed by atoms with Crippen molar-refractivity contribution < 1.29 is 4.42 Å². The monoisotopic (exact) mass is 191 g/mol. The van der Waals surface area contributed by atoms with Gasteiger partial charge in [0.25, 0.3) is 0 Å². The van der Waals surface area contributed by atoms with Crippen LogP contribution in [0.15, 0.2) is 35.1 Å². The highest BCUT2D eigenvalue weighted by Gasteiger charge is 1.98. The minimum atomic E-state index is 0.748. The fraction of sp³-hybridized carbons (Fsp3) is 0.300. The average molecular weight is 191 g/mol. The second kappa shape index (κ2) is 4.11. The Morgan fingerprint density at radius 3 is 3.00 bits per heavy atom. The summed E-state index contributed by atoms with van der Waals surface area (Å²) in [7, 11) is 1.93. The number of nitrogens with zero attached hydrogens (tertiary/aromatic N) is 2. The van der Waals surface area contributed by atoms with Crippen LogP contribution in [0.25, 0.3) is 0 Å². The summed E-state index contributed by atoms with van der Waals surface area (Å²) in [6, 6.07) is 5.84. The molecule has 0 unspecified atom stereocenters. The van der Waals surface area contributed by atoms with Gasteiger partial charge in [-0.3, -0.25) is 4.68 Å². The third-order valence-electron chi connectivity index (χ3n) is 2.11. The number of rotatable bonds is 4. The van der Waals surface area contributed by atoms with E-state index >= 15 is 0 Å². The largest absolute Gasteiger partial charge is 0.468 e. The standard InChI is InChI=1S/C10H13N3O/c1-13-9(4-5-12-13)7-11-8-10-3-2-6-14-10/h2-6,11H,7-8H2,1H3. The molecule has 0 aliphatic carbocycles. The predicted molar refractivity (Wildman–Crippen MR) is 52.5 cm³/mol. The number of aromatic nitrogens is 2. The van der Waals surface area contributed by atoms with Gasteiger partial charge in [0.15, 0.2) is 0 Å². The van der Waals surface area contributed by atoms with Gasteiger partial charge < -0.3 is 9.73 Å². The Labute approximate surface area is 82.5 Å². The summed E-state index contributed by atoms with van der Waals surface area (Å²) in [6.45, 7) is 1.55. The van der Waals surface area contributed by atoms with Crippen molar-refractivity contribution in [1.29, 1.82) is 0 Å². The lowest BCUT2D eigenvalue weighted by Gasteiger charge is -2.02. The molecule has 2 heterocycles. The normalized spacial score (nSPS) is 10.6. The Morgan fingerprint density at radius 1 is 1.43 bits per heavy atom. The van der Waals surface area contributed by atoms with Crippen molar-refractivity contribution in [2.75, 3.05) is 0 Å². The third kappa shape index (κ3) is 2.03. The van der Waals surface area contributed by atoms with Crippen molar-refractivity contribution >= 4 is 0 Å². The average Bonchev–Trinajstić information content (AvgIpc) is 2.78. The first kappa shape index (κ1) is 9.02. The Hall–Kier alpha value is -1.55. The summed E-state index contributed by atoms with van der Waals surface area (Å²) in [5, 5.41) is 7.36. The van der Waals surface area contributed by atoms with Crippen molar-refractivity contribution in [2.24, 2.45) is 7.05 Å². The molecule has 74 valence electrons. The van der Waals surface area contributed by atoms with E-state index < -0.39 is 0 Å². The summed E-state index contributed by atoms with van der Waals surface area (Å²) in [6.07, 6.45) is 3.48. The maximum absolute atomic E-state index is 5.20. The van der Waals surface area contributed by atoms with E-state index in [2.05, 4.69) is 10.4 Å². The van der Waals surface area contributed by atoms with Crippen LogP contribution in [0, 0.1) is 0 Å². The van der Waals surface area contributed by atoms with Crippen LogP contribution < -0.4 is 5.32 Å². The van der Waals surface area contributed by atoms with Gasteiger partial charge in [-0.15, -0.1) is 0 Å². The van der Waals surface area contributed by atoms with Crippen molar-refractivity contribution in [3.63, 3.8) is 0 Å². The summed E-state index contributed by atoms with van der Waals surface area (Å²) < 4.78 is 7.05. The van der Waals surface area contributed by atoms with Crippen LogP contribution in [0.5, 0.6) is 0 Å². The molecule has 1 N–H and O–H groups in total. The first-order chi connectivity index (χ1) is 6.86. The van der Waals surface area contributed by atoms with E-state index in [1.54, 1.807) is 12.5 Å². The number of hydrogen-bond donors (Lipinski definition) is 1. The molecule has 0 fully saturated rings. The van der Waals surface area contributed by atoms with Crippen molar-refractivity contribution in [3.8, 4) is 0 Å². The highest BCUT2D eigenvalue weighted by molar-refractivity contribution is 5.01. The van der Waals surface area contributed by atoms with Crippen LogP contribution in [-0.2, 0) is 20.1 Å². The van der Waals surface area contributed by atoms with Crippen LogP contribution >= 0.6 is 0 Å². The molecule has 14 heavy (non-hydrogen) atoms. The minimum absolute atomic E-state index is 0.748. The van der Waals surface area contributed by atoms with Crippen LogP contribution in [0.3, 0.4) is 0 Å². The quantitative estimate of drug-likeness (QED) is 0.792. The summed E-state index contributed by atoms with van der Waals surface area (Å²) >= 11 is 0. The highest BCUT2D eigenvalue weighted by Crippen LogP contribution is 2.00. The number of aryl methyl sites for hydroxylation is 1. The molecule has 0 spiro atoms. The predicted octanol–water partition coefficient (Wildman–Crippen LogP) is 1.30. The van der Waals surface area contributed by atoms with Gasteiger partial charge in [0.2, 0.25) is 0 Å². The molecule has 0 amide bonds. The first-order valence-corrected chi connectivity index (χ1v) is 4.56. The second-order valence-electron chi connectivity index (χ2n) is 3.13. The molecule has 2 aromatic heterocycles. The molecule has 0 aliphatic rings. The Balaban J connectivity index is 1.81. The van der Waals surface area contributed by atoms with Gasteiger partial charge in [-0.1, -0.05) is 0 Å². The summed E-state index contributed by atoms with van der Waals surface area (Å²) in [5.41, 5.74) is 1.16. The number of hydrogen-bond acceptors (Lipinski definition) is 3. The van der Waals surface area contributed by atoms with E-state index in [1.165, 1.54) is 0 Å². The van der Waals surface area contributed by atoms with E-state index in [1.807, 2.05) is 29.9 Å². The van der Waals surface area contributed by atoms with Crippen molar-refractivity contribution in [2.45, 2.75) is 13.1 Å². The molecule has 0 atom stereocenters. The molecular formula is C10H13N3O. The number of nitrogens with one attached hydrogen (secondary N) is 1. The zero-order valence-electron chi connectivity index (χ0n) is 8.10. The molecule has 0 radical (unpaired) electrons. The fourth-order valence-electron chi connectivity index (χ4n) is 1.30. The highest BCUT2D eigenvalue weighted by atomic mass is 16.3. The third-order valence-corrected chi connectivity index (χ3v) is 2.11. The van der Waals surface area contributed by atoms with E-state index in [0.29, 0.717) is 0 Å². The van der Waals surface area contributed by atoms with E-state index in [9.17, 15) is 0 Å². The molecule has 0 saturated heterocycles. The summed E-state index contributed by atoms with van der Waals surface area (Å²) in [4.78, 5) is 0. The van der Waals surface area contributed by atoms with Crippen molar-refractivity contribution in [3.05, 3.63) is 42.1 Å². The Bertz CT molecular complexity index is 378. The van der Waals surface area contributed by atoms with Crippen LogP contribution in [0.1, 0.15) is 11.5 Å². The van der Waals surface area contributed by atoms with Gasteiger partial charge in [0.1, 0.15) is 5.76 Å². The molecular weight excluding hydrogens is 178 g/mol. The maximum Gasteiger partial charge on any atom is 0.117 e. The summed E-state index contributed by atoms with van der Waals surface area (Å²) in [5.74, 6) is 0.951. The van der Waals surface area contributed by atoms with E-state index in [-0.39, 0.29) is 0 Å². The van der Waals surface area contributed by atoms with Crippen molar-refractivity contribution in [1.82, 2.24) is 15.1 Å². The molecule has 0 bridgehead atoms. The van der Waals surface area contributed by atoms with Gasteiger partial charge in [-0.25, -0.2) is 0 Å². The zero-order chi connectivity index (χ0) is 9.80. The van der Waals surface area contributed by atoms with Gasteiger partial charge in [0, 0.05) is 19.8 Å². The fourth-order valence-corrected chi connectivity index (χ4v) is 1.30. The molecule has 4 heteroatoms. The Morgan fingerprint density at radius 2 is 2.36 bits per heavy atom. The molecule has 0 saturated carbocycles. The lowest BCUT2D eigenvalue weighted by molar-refractivity contribution is 0.479. The van der Waals surface area contributed by atoms with Crippen LogP contribution in [0.2, 0.25) is 0 Å². The van der Waals surface area contributed by atoms with E-state index in [4.69, 9.17) is 4.42 Å². The van der Waals surface area contributed by atoms with Gasteiger partial charge >= 0.3 is 0 Å².